The number of hydrogen-bond acceptors (Lipinski definition) is 3. The zero-order chi connectivity index (χ0) is 14.7. The van der Waals surface area contributed by atoms with Crippen LogP contribution in [0.15, 0.2) is 24.3 Å². The molecule has 2 atom stereocenters. The van der Waals surface area contributed by atoms with Gasteiger partial charge in [0.1, 0.15) is 5.75 Å². The second-order valence-electron chi connectivity index (χ2n) is 6.93. The van der Waals surface area contributed by atoms with Crippen molar-refractivity contribution in [1.82, 2.24) is 4.90 Å². The first-order valence-electron chi connectivity index (χ1n) is 8.34. The molecule has 21 heavy (non-hydrogen) atoms. The summed E-state index contributed by atoms with van der Waals surface area (Å²) in [6.45, 7) is 3.58. The highest BCUT2D eigenvalue weighted by Gasteiger charge is 2.28. The highest BCUT2D eigenvalue weighted by atomic mass is 16.5. The van der Waals surface area contributed by atoms with Crippen molar-refractivity contribution >= 4 is 0 Å². The third-order valence-electron chi connectivity index (χ3n) is 5.07. The third-order valence-corrected chi connectivity index (χ3v) is 5.07. The molecule has 3 heteroatoms. The van der Waals surface area contributed by atoms with Crippen molar-refractivity contribution in [2.75, 3.05) is 26.7 Å². The van der Waals surface area contributed by atoms with Gasteiger partial charge in [0.2, 0.25) is 0 Å². The second kappa shape index (κ2) is 6.80. The van der Waals surface area contributed by atoms with E-state index in [1.165, 1.54) is 37.9 Å². The van der Waals surface area contributed by atoms with Gasteiger partial charge in [0.05, 0.1) is 7.11 Å². The number of likely N-dealkylation sites (tertiary alicyclic amines) is 1. The van der Waals surface area contributed by atoms with Gasteiger partial charge in [0.25, 0.3) is 0 Å². The van der Waals surface area contributed by atoms with Gasteiger partial charge in [-0.1, -0.05) is 18.6 Å². The molecule has 0 amide bonds. The van der Waals surface area contributed by atoms with Crippen LogP contribution >= 0.6 is 0 Å². The fourth-order valence-corrected chi connectivity index (χ4v) is 3.78. The summed E-state index contributed by atoms with van der Waals surface area (Å²) in [4.78, 5) is 2.62. The number of methoxy groups -OCH3 is 1. The molecule has 1 aliphatic carbocycles. The molecule has 116 valence electrons. The molecule has 1 saturated carbocycles. The van der Waals surface area contributed by atoms with Crippen molar-refractivity contribution in [3.8, 4) is 5.75 Å². The number of hydrogen-bond donors (Lipinski definition) is 1. The van der Waals surface area contributed by atoms with Gasteiger partial charge in [0.15, 0.2) is 0 Å². The van der Waals surface area contributed by atoms with Crippen molar-refractivity contribution in [1.29, 1.82) is 0 Å². The van der Waals surface area contributed by atoms with E-state index in [1.807, 2.05) is 0 Å². The molecule has 1 heterocycles. The Hall–Kier alpha value is -1.06. The molecule has 1 aromatic rings. The first-order valence-corrected chi connectivity index (χ1v) is 8.34. The molecule has 0 bridgehead atoms. The zero-order valence-corrected chi connectivity index (χ0v) is 13.1. The lowest BCUT2D eigenvalue weighted by Crippen LogP contribution is -2.49. The minimum absolute atomic E-state index is 0.349. The minimum Gasteiger partial charge on any atom is -0.497 e. The van der Waals surface area contributed by atoms with E-state index in [9.17, 15) is 0 Å². The molecule has 2 N–H and O–H groups in total. The van der Waals surface area contributed by atoms with E-state index in [-0.39, 0.29) is 0 Å². The number of nitrogens with zero attached hydrogens (tertiary/aromatic N) is 1. The Kier molecular flexibility index (Phi) is 4.81. The summed E-state index contributed by atoms with van der Waals surface area (Å²) in [5.74, 6) is 2.57. The number of benzene rings is 1. The van der Waals surface area contributed by atoms with Crippen LogP contribution in [-0.2, 0) is 6.42 Å². The quantitative estimate of drug-likeness (QED) is 0.905. The summed E-state index contributed by atoms with van der Waals surface area (Å²) >= 11 is 0. The third kappa shape index (κ3) is 3.98. The van der Waals surface area contributed by atoms with Crippen molar-refractivity contribution in [3.63, 3.8) is 0 Å². The highest BCUT2D eigenvalue weighted by molar-refractivity contribution is 5.27. The smallest absolute Gasteiger partial charge is 0.118 e. The Morgan fingerprint density at radius 3 is 2.52 bits per heavy atom. The van der Waals surface area contributed by atoms with Crippen molar-refractivity contribution in [3.05, 3.63) is 29.8 Å². The summed E-state index contributed by atoms with van der Waals surface area (Å²) in [6.07, 6.45) is 6.58. The second-order valence-corrected chi connectivity index (χ2v) is 6.93. The first-order chi connectivity index (χ1) is 10.2. The molecule has 0 radical (unpaired) electrons. The molecule has 3 nitrogen and oxygen atoms in total. The Balaban J connectivity index is 1.55. The molecular weight excluding hydrogens is 260 g/mol. The van der Waals surface area contributed by atoms with Crippen LogP contribution in [0.3, 0.4) is 0 Å². The monoisotopic (exact) mass is 288 g/mol. The van der Waals surface area contributed by atoms with E-state index in [0.29, 0.717) is 12.0 Å². The maximum atomic E-state index is 6.29. The predicted octanol–water partition coefficient (Wildman–Crippen LogP) is 2.69. The Bertz CT molecular complexity index is 441. The van der Waals surface area contributed by atoms with Crippen molar-refractivity contribution < 1.29 is 4.74 Å². The van der Waals surface area contributed by atoms with E-state index in [0.717, 1.165) is 31.1 Å². The molecule has 3 rings (SSSR count). The van der Waals surface area contributed by atoms with E-state index >= 15 is 0 Å². The van der Waals surface area contributed by atoms with Crippen LogP contribution in [0.25, 0.3) is 0 Å². The van der Waals surface area contributed by atoms with Crippen LogP contribution in [0.1, 0.15) is 31.2 Å². The van der Waals surface area contributed by atoms with Gasteiger partial charge in [-0.3, -0.25) is 0 Å². The van der Waals surface area contributed by atoms with Crippen molar-refractivity contribution in [2.24, 2.45) is 17.6 Å². The van der Waals surface area contributed by atoms with Gasteiger partial charge < -0.3 is 15.4 Å². The summed E-state index contributed by atoms with van der Waals surface area (Å²) in [6, 6.07) is 8.85. The Morgan fingerprint density at radius 2 is 1.90 bits per heavy atom. The number of nitrogens with two attached hydrogens (primary N) is 1. The SMILES string of the molecule is COc1ccc(CC2CC(N)CN(CC3CCC3)C2)cc1. The maximum absolute atomic E-state index is 6.29. The van der Waals surface area contributed by atoms with E-state index in [2.05, 4.69) is 29.2 Å². The van der Waals surface area contributed by atoms with Crippen LogP contribution in [0.5, 0.6) is 5.75 Å². The number of piperidine rings is 1. The minimum atomic E-state index is 0.349. The lowest BCUT2D eigenvalue weighted by Gasteiger charge is -2.40. The van der Waals surface area contributed by atoms with Crippen LogP contribution in [-0.4, -0.2) is 37.7 Å². The maximum Gasteiger partial charge on any atom is 0.118 e. The summed E-state index contributed by atoms with van der Waals surface area (Å²) in [7, 11) is 1.72. The van der Waals surface area contributed by atoms with Crippen LogP contribution < -0.4 is 10.5 Å². The zero-order valence-electron chi connectivity index (χ0n) is 13.1. The fraction of sp³-hybridized carbons (Fsp3) is 0.667. The lowest BCUT2D eigenvalue weighted by molar-refractivity contribution is 0.112. The van der Waals surface area contributed by atoms with Gasteiger partial charge in [-0.25, -0.2) is 0 Å². The van der Waals surface area contributed by atoms with Gasteiger partial charge in [-0.05, 0) is 55.2 Å². The number of ether oxygens (including phenoxy) is 1. The molecule has 0 spiro atoms. The molecule has 2 aliphatic rings. The first kappa shape index (κ1) is 14.9. The van der Waals surface area contributed by atoms with Gasteiger partial charge in [-0.2, -0.15) is 0 Å². The molecule has 2 unspecified atom stereocenters. The average molecular weight is 288 g/mol. The molecule has 1 aliphatic heterocycles. The molecule has 2 fully saturated rings. The van der Waals surface area contributed by atoms with E-state index < -0.39 is 0 Å². The summed E-state index contributed by atoms with van der Waals surface area (Å²) < 4.78 is 5.23. The van der Waals surface area contributed by atoms with Crippen LogP contribution in [0.2, 0.25) is 0 Å². The Morgan fingerprint density at radius 1 is 1.14 bits per heavy atom. The van der Waals surface area contributed by atoms with E-state index in [1.54, 1.807) is 7.11 Å². The summed E-state index contributed by atoms with van der Waals surface area (Å²) in [5.41, 5.74) is 7.69. The van der Waals surface area contributed by atoms with Gasteiger partial charge in [-0.15, -0.1) is 0 Å². The molecule has 1 saturated heterocycles. The van der Waals surface area contributed by atoms with E-state index in [4.69, 9.17) is 10.5 Å². The highest BCUT2D eigenvalue weighted by Crippen LogP contribution is 2.29. The van der Waals surface area contributed by atoms with Gasteiger partial charge in [0, 0.05) is 25.7 Å². The fourth-order valence-electron chi connectivity index (χ4n) is 3.78. The Labute approximate surface area is 128 Å². The standard InChI is InChI=1S/C18H28N2O/c1-21-18-7-5-14(6-8-18)9-16-10-17(19)13-20(12-16)11-15-3-2-4-15/h5-8,15-17H,2-4,9-13,19H2,1H3. The van der Waals surface area contributed by atoms with Crippen LogP contribution in [0.4, 0.5) is 0 Å². The molecular formula is C18H28N2O. The molecule has 1 aromatic carbocycles. The van der Waals surface area contributed by atoms with Gasteiger partial charge >= 0.3 is 0 Å². The average Bonchev–Trinajstić information content (AvgIpc) is 2.43. The number of rotatable bonds is 5. The van der Waals surface area contributed by atoms with Crippen molar-refractivity contribution in [2.45, 2.75) is 38.1 Å². The van der Waals surface area contributed by atoms with Crippen LogP contribution in [0, 0.1) is 11.8 Å². The topological polar surface area (TPSA) is 38.5 Å². The largest absolute Gasteiger partial charge is 0.497 e. The predicted molar refractivity (Wildman–Crippen MR) is 86.6 cm³/mol. The lowest BCUT2D eigenvalue weighted by atomic mass is 9.83. The molecule has 0 aromatic heterocycles. The summed E-state index contributed by atoms with van der Waals surface area (Å²) in [5, 5.41) is 0. The normalized spacial score (nSPS) is 27.3.